The highest BCUT2D eigenvalue weighted by Crippen LogP contribution is 2.40. The van der Waals surface area contributed by atoms with Crippen molar-refractivity contribution in [1.29, 1.82) is 0 Å². The summed E-state index contributed by atoms with van der Waals surface area (Å²) in [5, 5.41) is 9.40. The molecule has 2 nitrogen and oxygen atoms in total. The zero-order valence-electron chi connectivity index (χ0n) is 16.8. The molecule has 0 heterocycles. The first kappa shape index (κ1) is 20.3. The first-order valence-corrected chi connectivity index (χ1v) is 10.1. The van der Waals surface area contributed by atoms with Gasteiger partial charge in [0.2, 0.25) is 0 Å². The lowest BCUT2D eigenvalue weighted by Gasteiger charge is -2.37. The summed E-state index contributed by atoms with van der Waals surface area (Å²) in [7, 11) is 0. The average molecular weight is 375 g/mol. The Kier molecular flexibility index (Phi) is 7.02. The molecule has 2 atom stereocenters. The molecule has 0 saturated carbocycles. The number of ether oxygens (including phenoxy) is 1. The summed E-state index contributed by atoms with van der Waals surface area (Å²) >= 11 is 0. The van der Waals surface area contributed by atoms with Crippen molar-refractivity contribution in [3.05, 3.63) is 108 Å². The molecule has 146 valence electrons. The topological polar surface area (TPSA) is 29.5 Å². The minimum absolute atomic E-state index is 0.214. The van der Waals surface area contributed by atoms with Crippen LogP contribution in [-0.4, -0.2) is 18.3 Å². The van der Waals surface area contributed by atoms with Gasteiger partial charge in [-0.1, -0.05) is 105 Å². The van der Waals surface area contributed by atoms with E-state index in [1.807, 2.05) is 18.2 Å². The summed E-state index contributed by atoms with van der Waals surface area (Å²) in [5.41, 5.74) is 2.69. The van der Waals surface area contributed by atoms with E-state index in [0.717, 1.165) is 23.1 Å². The number of rotatable bonds is 9. The first-order chi connectivity index (χ1) is 13.7. The fourth-order valence-electron chi connectivity index (χ4n) is 3.87. The summed E-state index contributed by atoms with van der Waals surface area (Å²) in [6.07, 6.45) is 0.935. The standard InChI is InChI=1S/C26H30O2/c1-21(19-27)18-22(2)20-28-26(23-12-6-3-7-13-23,24-14-8-4-9-15-24)25-16-10-5-11-17-25/h3-17,21-22,27H,18-20H2,1-2H3/t21-,22-/m1/s1. The molecule has 0 saturated heterocycles. The van der Waals surface area contributed by atoms with Crippen LogP contribution in [0.2, 0.25) is 0 Å². The molecule has 1 N–H and O–H groups in total. The third kappa shape index (κ3) is 4.52. The van der Waals surface area contributed by atoms with E-state index in [0.29, 0.717) is 12.5 Å². The quantitative estimate of drug-likeness (QED) is 0.490. The molecule has 0 aliphatic carbocycles. The van der Waals surface area contributed by atoms with Gasteiger partial charge in [0.25, 0.3) is 0 Å². The van der Waals surface area contributed by atoms with Crippen molar-refractivity contribution in [2.75, 3.05) is 13.2 Å². The van der Waals surface area contributed by atoms with Crippen LogP contribution in [0, 0.1) is 11.8 Å². The Morgan fingerprint density at radius 1 is 0.679 bits per heavy atom. The Morgan fingerprint density at radius 3 is 1.43 bits per heavy atom. The second-order valence-electron chi connectivity index (χ2n) is 7.72. The lowest BCUT2D eigenvalue weighted by molar-refractivity contribution is -0.00994. The summed E-state index contributed by atoms with van der Waals surface area (Å²) in [5.74, 6) is 0.621. The van der Waals surface area contributed by atoms with Crippen molar-refractivity contribution in [3.63, 3.8) is 0 Å². The van der Waals surface area contributed by atoms with Crippen molar-refractivity contribution in [1.82, 2.24) is 0 Å². The fraction of sp³-hybridized carbons (Fsp3) is 0.308. The van der Waals surface area contributed by atoms with Crippen molar-refractivity contribution in [2.45, 2.75) is 25.9 Å². The SMILES string of the molecule is C[C@@H](CO)C[C@@H](C)COC(c1ccccc1)(c1ccccc1)c1ccccc1. The van der Waals surface area contributed by atoms with Gasteiger partial charge in [-0.05, 0) is 34.9 Å². The molecule has 0 amide bonds. The van der Waals surface area contributed by atoms with Crippen LogP contribution in [0.4, 0.5) is 0 Å². The number of hydrogen-bond acceptors (Lipinski definition) is 2. The van der Waals surface area contributed by atoms with Crippen LogP contribution >= 0.6 is 0 Å². The van der Waals surface area contributed by atoms with E-state index < -0.39 is 5.60 Å². The molecule has 3 aromatic carbocycles. The highest BCUT2D eigenvalue weighted by Gasteiger charge is 2.37. The van der Waals surface area contributed by atoms with Gasteiger partial charge in [-0.15, -0.1) is 0 Å². The monoisotopic (exact) mass is 374 g/mol. The lowest BCUT2D eigenvalue weighted by Crippen LogP contribution is -2.34. The van der Waals surface area contributed by atoms with Crippen molar-refractivity contribution in [3.8, 4) is 0 Å². The van der Waals surface area contributed by atoms with Gasteiger partial charge in [0.1, 0.15) is 5.60 Å². The second kappa shape index (κ2) is 9.68. The van der Waals surface area contributed by atoms with E-state index in [2.05, 4.69) is 86.6 Å². The number of aliphatic hydroxyl groups excluding tert-OH is 1. The third-order valence-corrected chi connectivity index (χ3v) is 5.24. The second-order valence-corrected chi connectivity index (χ2v) is 7.72. The predicted octanol–water partition coefficient (Wildman–Crippen LogP) is 5.65. The zero-order chi connectivity index (χ0) is 19.8. The zero-order valence-corrected chi connectivity index (χ0v) is 16.8. The molecule has 0 aromatic heterocycles. The van der Waals surface area contributed by atoms with Crippen LogP contribution in [0.5, 0.6) is 0 Å². The van der Waals surface area contributed by atoms with E-state index >= 15 is 0 Å². The molecule has 0 bridgehead atoms. The summed E-state index contributed by atoms with van der Waals surface area (Å²) < 4.78 is 6.81. The molecular weight excluding hydrogens is 344 g/mol. The van der Waals surface area contributed by atoms with Gasteiger partial charge in [0.15, 0.2) is 0 Å². The van der Waals surface area contributed by atoms with Gasteiger partial charge in [0, 0.05) is 6.61 Å². The van der Waals surface area contributed by atoms with Gasteiger partial charge in [-0.25, -0.2) is 0 Å². The minimum atomic E-state index is -0.666. The maximum Gasteiger partial charge on any atom is 0.143 e. The Balaban J connectivity index is 2.06. The summed E-state index contributed by atoms with van der Waals surface area (Å²) in [6, 6.07) is 31.3. The van der Waals surface area contributed by atoms with Gasteiger partial charge in [-0.3, -0.25) is 0 Å². The van der Waals surface area contributed by atoms with Crippen molar-refractivity contribution < 1.29 is 9.84 Å². The third-order valence-electron chi connectivity index (χ3n) is 5.24. The van der Waals surface area contributed by atoms with Crippen LogP contribution in [0.15, 0.2) is 91.0 Å². The van der Waals surface area contributed by atoms with Crippen LogP contribution in [0.25, 0.3) is 0 Å². The molecule has 0 fully saturated rings. The molecule has 0 unspecified atom stereocenters. The van der Waals surface area contributed by atoms with Crippen LogP contribution in [-0.2, 0) is 10.3 Å². The average Bonchev–Trinajstić information content (AvgIpc) is 2.76. The van der Waals surface area contributed by atoms with E-state index in [4.69, 9.17) is 4.74 Å². The summed E-state index contributed by atoms with van der Waals surface area (Å²) in [4.78, 5) is 0. The number of aliphatic hydroxyl groups is 1. The van der Waals surface area contributed by atoms with E-state index in [-0.39, 0.29) is 12.5 Å². The predicted molar refractivity (Wildman–Crippen MR) is 115 cm³/mol. The van der Waals surface area contributed by atoms with E-state index in [9.17, 15) is 5.11 Å². The Hall–Kier alpha value is -2.42. The van der Waals surface area contributed by atoms with Crippen LogP contribution < -0.4 is 0 Å². The van der Waals surface area contributed by atoms with E-state index in [1.54, 1.807) is 0 Å². The number of hydrogen-bond donors (Lipinski definition) is 1. The first-order valence-electron chi connectivity index (χ1n) is 10.1. The van der Waals surface area contributed by atoms with Crippen LogP contribution in [0.1, 0.15) is 37.0 Å². The highest BCUT2D eigenvalue weighted by molar-refractivity contribution is 5.47. The molecule has 28 heavy (non-hydrogen) atoms. The Bertz CT molecular complexity index is 718. The molecule has 2 heteroatoms. The highest BCUT2D eigenvalue weighted by atomic mass is 16.5. The normalized spacial score (nSPS) is 13.8. The summed E-state index contributed by atoms with van der Waals surface area (Å²) in [6.45, 7) is 5.10. The molecular formula is C26H30O2. The van der Waals surface area contributed by atoms with Gasteiger partial charge < -0.3 is 9.84 Å². The van der Waals surface area contributed by atoms with Crippen molar-refractivity contribution in [2.24, 2.45) is 11.8 Å². The van der Waals surface area contributed by atoms with Gasteiger partial charge in [0.05, 0.1) is 6.61 Å². The number of benzene rings is 3. The van der Waals surface area contributed by atoms with Gasteiger partial charge >= 0.3 is 0 Å². The van der Waals surface area contributed by atoms with Crippen LogP contribution in [0.3, 0.4) is 0 Å². The molecule has 3 aromatic rings. The largest absolute Gasteiger partial charge is 0.396 e. The smallest absolute Gasteiger partial charge is 0.143 e. The maximum absolute atomic E-state index is 9.40. The molecule has 0 spiro atoms. The minimum Gasteiger partial charge on any atom is -0.396 e. The van der Waals surface area contributed by atoms with Gasteiger partial charge in [-0.2, -0.15) is 0 Å². The molecule has 3 rings (SSSR count). The Labute approximate surface area is 168 Å². The van der Waals surface area contributed by atoms with Crippen molar-refractivity contribution >= 4 is 0 Å². The van der Waals surface area contributed by atoms with E-state index in [1.165, 1.54) is 0 Å². The Morgan fingerprint density at radius 2 is 1.07 bits per heavy atom. The molecule has 0 aliphatic heterocycles. The molecule has 0 radical (unpaired) electrons. The lowest BCUT2D eigenvalue weighted by atomic mass is 9.80. The maximum atomic E-state index is 9.40. The molecule has 0 aliphatic rings. The fourth-order valence-corrected chi connectivity index (χ4v) is 3.87.